The topological polar surface area (TPSA) is 121 Å². The third-order valence-electron chi connectivity index (χ3n) is 5.96. The van der Waals surface area contributed by atoms with Gasteiger partial charge in [0, 0.05) is 38.0 Å². The number of amides is 1. The van der Waals surface area contributed by atoms with Gasteiger partial charge in [-0.3, -0.25) is 19.7 Å². The van der Waals surface area contributed by atoms with E-state index in [-0.39, 0.29) is 29.2 Å². The Morgan fingerprint density at radius 3 is 2.70 bits per heavy atom. The van der Waals surface area contributed by atoms with Crippen LogP contribution in [0.1, 0.15) is 32.9 Å². The standard InChI is InChI=1S/C26H23ClFN5O4/c1-15-8-23-21(26(35)31-24(12-27)30-23)10-17(15)14-32(2)18-6-7-20(22(28)11-18)25(34)29-13-16-4-3-5-19(9-16)33(36)37/h3-11H,12-14H2,1-2H3,(H,29,34)(H,30,31,35). The summed E-state index contributed by atoms with van der Waals surface area (Å²) >= 11 is 5.79. The van der Waals surface area contributed by atoms with E-state index in [0.717, 1.165) is 11.1 Å². The van der Waals surface area contributed by atoms with E-state index >= 15 is 0 Å². The van der Waals surface area contributed by atoms with Crippen LogP contribution in [0, 0.1) is 22.9 Å². The lowest BCUT2D eigenvalue weighted by atomic mass is 10.0. The maximum atomic E-state index is 14.9. The summed E-state index contributed by atoms with van der Waals surface area (Å²) in [6.07, 6.45) is 0. The number of hydrogen-bond donors (Lipinski definition) is 2. The van der Waals surface area contributed by atoms with Crippen LogP contribution < -0.4 is 15.8 Å². The van der Waals surface area contributed by atoms with Crippen LogP contribution in [0.3, 0.4) is 0 Å². The second kappa shape index (κ2) is 10.8. The number of rotatable bonds is 8. The van der Waals surface area contributed by atoms with Crippen LogP contribution in [0.2, 0.25) is 0 Å². The van der Waals surface area contributed by atoms with E-state index in [1.807, 2.05) is 13.0 Å². The maximum absolute atomic E-state index is 14.9. The van der Waals surface area contributed by atoms with Gasteiger partial charge < -0.3 is 15.2 Å². The molecule has 9 nitrogen and oxygen atoms in total. The van der Waals surface area contributed by atoms with Gasteiger partial charge >= 0.3 is 0 Å². The Bertz CT molecular complexity index is 1570. The first-order chi connectivity index (χ1) is 17.7. The number of fused-ring (bicyclic) bond motifs is 1. The molecule has 190 valence electrons. The fourth-order valence-corrected chi connectivity index (χ4v) is 4.07. The van der Waals surface area contributed by atoms with E-state index in [1.54, 1.807) is 30.1 Å². The summed E-state index contributed by atoms with van der Waals surface area (Å²) in [6, 6.07) is 13.7. The van der Waals surface area contributed by atoms with Crippen LogP contribution in [0.4, 0.5) is 15.8 Å². The number of halogens is 2. The zero-order valence-electron chi connectivity index (χ0n) is 20.0. The van der Waals surface area contributed by atoms with Gasteiger partial charge in [-0.25, -0.2) is 9.37 Å². The van der Waals surface area contributed by atoms with Crippen molar-refractivity contribution in [3.8, 4) is 0 Å². The van der Waals surface area contributed by atoms with E-state index in [2.05, 4.69) is 15.3 Å². The lowest BCUT2D eigenvalue weighted by Crippen LogP contribution is -2.24. The van der Waals surface area contributed by atoms with Crippen molar-refractivity contribution in [2.45, 2.75) is 25.9 Å². The van der Waals surface area contributed by atoms with Gasteiger partial charge in [0.05, 0.1) is 27.3 Å². The van der Waals surface area contributed by atoms with Crippen LogP contribution in [0.25, 0.3) is 10.9 Å². The molecule has 37 heavy (non-hydrogen) atoms. The predicted octanol–water partition coefficient (Wildman–Crippen LogP) is 4.58. The van der Waals surface area contributed by atoms with E-state index < -0.39 is 16.6 Å². The highest BCUT2D eigenvalue weighted by Gasteiger charge is 2.15. The van der Waals surface area contributed by atoms with Crippen LogP contribution in [-0.4, -0.2) is 27.8 Å². The maximum Gasteiger partial charge on any atom is 0.269 e. The minimum atomic E-state index is -0.703. The molecule has 1 amide bonds. The minimum absolute atomic E-state index is 0.0171. The van der Waals surface area contributed by atoms with Crippen LogP contribution >= 0.6 is 11.6 Å². The van der Waals surface area contributed by atoms with Gasteiger partial charge in [0.2, 0.25) is 0 Å². The summed E-state index contributed by atoms with van der Waals surface area (Å²) in [4.78, 5) is 44.2. The number of aromatic amines is 1. The van der Waals surface area contributed by atoms with Crippen LogP contribution in [0.5, 0.6) is 0 Å². The second-order valence-corrected chi connectivity index (χ2v) is 8.84. The van der Waals surface area contributed by atoms with Crippen molar-refractivity contribution in [2.24, 2.45) is 0 Å². The molecule has 1 aromatic heterocycles. The number of alkyl halides is 1. The highest BCUT2D eigenvalue weighted by Crippen LogP contribution is 2.23. The van der Waals surface area contributed by atoms with Gasteiger partial charge in [0.1, 0.15) is 11.6 Å². The third kappa shape index (κ3) is 5.75. The lowest BCUT2D eigenvalue weighted by molar-refractivity contribution is -0.384. The number of nitro groups is 1. The van der Waals surface area contributed by atoms with Gasteiger partial charge in [-0.2, -0.15) is 0 Å². The van der Waals surface area contributed by atoms with Gasteiger partial charge in [-0.05, 0) is 53.9 Å². The normalized spacial score (nSPS) is 10.9. The molecule has 11 heteroatoms. The molecule has 0 spiro atoms. The molecule has 0 saturated carbocycles. The highest BCUT2D eigenvalue weighted by molar-refractivity contribution is 6.16. The van der Waals surface area contributed by atoms with Gasteiger partial charge in [-0.15, -0.1) is 11.6 Å². The summed E-state index contributed by atoms with van der Waals surface area (Å²) < 4.78 is 14.9. The molecule has 0 unspecified atom stereocenters. The van der Waals surface area contributed by atoms with Crippen molar-refractivity contribution in [1.82, 2.24) is 15.3 Å². The number of carbonyl (C=O) groups excluding carboxylic acids is 1. The summed E-state index contributed by atoms with van der Waals surface area (Å²) in [5, 5.41) is 13.9. The number of benzene rings is 3. The lowest BCUT2D eigenvalue weighted by Gasteiger charge is -2.21. The Labute approximate surface area is 216 Å². The molecule has 4 aromatic rings. The monoisotopic (exact) mass is 523 g/mol. The zero-order valence-corrected chi connectivity index (χ0v) is 20.8. The Hall–Kier alpha value is -4.31. The zero-order chi connectivity index (χ0) is 26.7. The second-order valence-electron chi connectivity index (χ2n) is 8.57. The molecular formula is C26H23ClFN5O4. The predicted molar refractivity (Wildman–Crippen MR) is 139 cm³/mol. The molecule has 0 aliphatic rings. The number of carbonyl (C=O) groups is 1. The molecule has 2 N–H and O–H groups in total. The summed E-state index contributed by atoms with van der Waals surface area (Å²) in [6.45, 7) is 2.31. The molecule has 1 heterocycles. The van der Waals surface area contributed by atoms with Gasteiger partial charge in [0.15, 0.2) is 0 Å². The average molecular weight is 524 g/mol. The van der Waals surface area contributed by atoms with E-state index in [9.17, 15) is 24.1 Å². The number of H-pyrrole nitrogens is 1. The molecule has 0 aliphatic carbocycles. The molecule has 3 aromatic carbocycles. The number of non-ortho nitro benzene ring substituents is 1. The van der Waals surface area contributed by atoms with Crippen molar-refractivity contribution in [1.29, 1.82) is 0 Å². The molecule has 0 atom stereocenters. The van der Waals surface area contributed by atoms with Crippen LogP contribution in [0.15, 0.2) is 59.4 Å². The highest BCUT2D eigenvalue weighted by atomic mass is 35.5. The molecule has 0 radical (unpaired) electrons. The molecule has 0 bridgehead atoms. The Morgan fingerprint density at radius 2 is 2.00 bits per heavy atom. The fourth-order valence-electron chi connectivity index (χ4n) is 3.95. The number of nitrogens with one attached hydrogen (secondary N) is 2. The number of nitrogens with zero attached hydrogens (tertiary/aromatic N) is 3. The molecule has 0 fully saturated rings. The van der Waals surface area contributed by atoms with Crippen molar-refractivity contribution >= 4 is 39.8 Å². The van der Waals surface area contributed by atoms with Crippen molar-refractivity contribution in [2.75, 3.05) is 11.9 Å². The number of anilines is 1. The van der Waals surface area contributed by atoms with Crippen molar-refractivity contribution < 1.29 is 14.1 Å². The minimum Gasteiger partial charge on any atom is -0.370 e. The first-order valence-corrected chi connectivity index (χ1v) is 11.8. The summed E-state index contributed by atoms with van der Waals surface area (Å²) in [5.74, 6) is -0.839. The number of aromatic nitrogens is 2. The molecule has 0 saturated heterocycles. The SMILES string of the molecule is Cc1cc2nc(CCl)[nH]c(=O)c2cc1CN(C)c1ccc(C(=O)NCc2cccc([N+](=O)[O-])c2)c(F)c1. The van der Waals surface area contributed by atoms with Crippen molar-refractivity contribution in [3.05, 3.63) is 109 Å². The molecule has 0 aliphatic heterocycles. The summed E-state index contributed by atoms with van der Waals surface area (Å²) in [5.41, 5.74) is 2.88. The van der Waals surface area contributed by atoms with E-state index in [1.165, 1.54) is 30.3 Å². The quantitative estimate of drug-likeness (QED) is 0.198. The Kier molecular flexibility index (Phi) is 7.49. The molecular weight excluding hydrogens is 501 g/mol. The van der Waals surface area contributed by atoms with Gasteiger partial charge in [-0.1, -0.05) is 12.1 Å². The third-order valence-corrected chi connectivity index (χ3v) is 6.21. The summed E-state index contributed by atoms with van der Waals surface area (Å²) in [7, 11) is 1.78. The van der Waals surface area contributed by atoms with Crippen molar-refractivity contribution in [3.63, 3.8) is 0 Å². The number of hydrogen-bond acceptors (Lipinski definition) is 6. The van der Waals surface area contributed by atoms with E-state index in [0.29, 0.717) is 34.5 Å². The fraction of sp³-hybridized carbons (Fsp3) is 0.192. The van der Waals surface area contributed by atoms with Gasteiger partial charge in [0.25, 0.3) is 17.2 Å². The number of aryl methyl sites for hydroxylation is 1. The average Bonchev–Trinajstić information content (AvgIpc) is 2.87. The largest absolute Gasteiger partial charge is 0.370 e. The Morgan fingerprint density at radius 1 is 1.22 bits per heavy atom. The smallest absolute Gasteiger partial charge is 0.269 e. The number of nitro benzene ring substituents is 1. The Balaban J connectivity index is 1.48. The first kappa shape index (κ1) is 25.8. The molecule has 4 rings (SSSR count). The van der Waals surface area contributed by atoms with Crippen LogP contribution in [-0.2, 0) is 19.0 Å². The van der Waals surface area contributed by atoms with E-state index in [4.69, 9.17) is 11.6 Å². The first-order valence-electron chi connectivity index (χ1n) is 11.3.